The van der Waals surface area contributed by atoms with E-state index < -0.39 is 0 Å². The van der Waals surface area contributed by atoms with E-state index >= 15 is 0 Å². The topological polar surface area (TPSA) is 58.4 Å². The highest BCUT2D eigenvalue weighted by molar-refractivity contribution is 5.93. The lowest BCUT2D eigenvalue weighted by atomic mass is 10.1. The van der Waals surface area contributed by atoms with Crippen LogP contribution >= 0.6 is 0 Å². The Balaban J connectivity index is 1.49. The summed E-state index contributed by atoms with van der Waals surface area (Å²) in [5, 5.41) is 4.81. The smallest absolute Gasteiger partial charge is 0.246 e. The van der Waals surface area contributed by atoms with Crippen molar-refractivity contribution < 1.29 is 9.59 Å². The molecule has 0 N–H and O–H groups in total. The Bertz CT molecular complexity index is 1110. The fourth-order valence-electron chi connectivity index (χ4n) is 4.01. The Hall–Kier alpha value is -3.67. The third-order valence-corrected chi connectivity index (χ3v) is 5.83. The van der Waals surface area contributed by atoms with Crippen molar-refractivity contribution in [3.8, 4) is 11.3 Å². The minimum Gasteiger partial charge on any atom is -0.339 e. The number of nitrogens with zero attached hydrogens (tertiary/aromatic N) is 4. The molecule has 170 valence electrons. The maximum absolute atomic E-state index is 12.8. The molecule has 4 rings (SSSR count). The SMILES string of the molecule is CC(C)C(=O)N1CCN(C(=O)/C=C/c2cn(Cc3ccccc3)nc2-c2ccccc2)CC1. The first-order valence-corrected chi connectivity index (χ1v) is 11.4. The van der Waals surface area contributed by atoms with Crippen LogP contribution in [0.1, 0.15) is 25.0 Å². The van der Waals surface area contributed by atoms with Gasteiger partial charge in [-0.05, 0) is 11.6 Å². The number of carbonyl (C=O) groups excluding carboxylic acids is 2. The van der Waals surface area contributed by atoms with Crippen molar-refractivity contribution in [1.82, 2.24) is 19.6 Å². The van der Waals surface area contributed by atoms with E-state index in [4.69, 9.17) is 5.10 Å². The maximum Gasteiger partial charge on any atom is 0.246 e. The summed E-state index contributed by atoms with van der Waals surface area (Å²) >= 11 is 0. The van der Waals surface area contributed by atoms with Gasteiger partial charge in [0.2, 0.25) is 11.8 Å². The van der Waals surface area contributed by atoms with Gasteiger partial charge in [0.25, 0.3) is 0 Å². The van der Waals surface area contributed by atoms with Crippen molar-refractivity contribution in [3.05, 3.63) is 84.1 Å². The summed E-state index contributed by atoms with van der Waals surface area (Å²) in [4.78, 5) is 28.7. The van der Waals surface area contributed by atoms with E-state index in [0.717, 1.165) is 16.8 Å². The molecular formula is C27H30N4O2. The second kappa shape index (κ2) is 10.3. The molecule has 1 aromatic heterocycles. The Morgan fingerprint density at radius 1 is 0.909 bits per heavy atom. The number of amides is 2. The van der Waals surface area contributed by atoms with Crippen LogP contribution < -0.4 is 0 Å². The maximum atomic E-state index is 12.8. The standard InChI is InChI=1S/C27H30N4O2/c1-21(2)27(33)30-17-15-29(16-18-30)25(32)14-13-24-20-31(19-22-9-5-3-6-10-22)28-26(24)23-11-7-4-8-12-23/h3-14,20-21H,15-19H2,1-2H3/b14-13+. The summed E-state index contributed by atoms with van der Waals surface area (Å²) in [5.74, 6) is 0.0911. The minimum atomic E-state index is -0.0403. The van der Waals surface area contributed by atoms with Crippen molar-refractivity contribution in [3.63, 3.8) is 0 Å². The van der Waals surface area contributed by atoms with Crippen molar-refractivity contribution in [2.24, 2.45) is 5.92 Å². The van der Waals surface area contributed by atoms with Gasteiger partial charge in [-0.15, -0.1) is 0 Å². The van der Waals surface area contributed by atoms with Crippen LogP contribution in [-0.2, 0) is 16.1 Å². The molecule has 1 saturated heterocycles. The Labute approximate surface area is 195 Å². The lowest BCUT2D eigenvalue weighted by Crippen LogP contribution is -2.51. The summed E-state index contributed by atoms with van der Waals surface area (Å²) in [6.45, 7) is 6.76. The third-order valence-electron chi connectivity index (χ3n) is 5.83. The highest BCUT2D eigenvalue weighted by atomic mass is 16.2. The summed E-state index contributed by atoms with van der Waals surface area (Å²) < 4.78 is 1.91. The van der Waals surface area contributed by atoms with E-state index in [1.165, 1.54) is 5.56 Å². The van der Waals surface area contributed by atoms with E-state index in [2.05, 4.69) is 12.1 Å². The average Bonchev–Trinajstić information content (AvgIpc) is 3.25. The highest BCUT2D eigenvalue weighted by Gasteiger charge is 2.24. The van der Waals surface area contributed by atoms with E-state index in [-0.39, 0.29) is 17.7 Å². The van der Waals surface area contributed by atoms with Crippen LogP contribution in [0, 0.1) is 5.92 Å². The van der Waals surface area contributed by atoms with Gasteiger partial charge in [-0.3, -0.25) is 14.3 Å². The molecule has 0 saturated carbocycles. The molecule has 1 fully saturated rings. The zero-order valence-electron chi connectivity index (χ0n) is 19.2. The van der Waals surface area contributed by atoms with Crippen LogP contribution in [0.25, 0.3) is 17.3 Å². The van der Waals surface area contributed by atoms with Gasteiger partial charge in [0.1, 0.15) is 0 Å². The summed E-state index contributed by atoms with van der Waals surface area (Å²) in [6.07, 6.45) is 5.46. The first-order chi connectivity index (χ1) is 16.0. The zero-order chi connectivity index (χ0) is 23.2. The minimum absolute atomic E-state index is 0.0176. The van der Waals surface area contributed by atoms with Gasteiger partial charge in [0, 0.05) is 55.5 Å². The number of piperazine rings is 1. The van der Waals surface area contributed by atoms with Gasteiger partial charge >= 0.3 is 0 Å². The van der Waals surface area contributed by atoms with Gasteiger partial charge < -0.3 is 9.80 Å². The van der Waals surface area contributed by atoms with Gasteiger partial charge in [-0.1, -0.05) is 74.5 Å². The van der Waals surface area contributed by atoms with E-state index in [0.29, 0.717) is 32.7 Å². The predicted molar refractivity (Wildman–Crippen MR) is 130 cm³/mol. The molecule has 0 radical (unpaired) electrons. The van der Waals surface area contributed by atoms with Crippen LogP contribution in [0.15, 0.2) is 72.9 Å². The first kappa shape index (κ1) is 22.5. The molecule has 6 heteroatoms. The lowest BCUT2D eigenvalue weighted by Gasteiger charge is -2.35. The number of rotatable bonds is 6. The van der Waals surface area contributed by atoms with Crippen LogP contribution in [0.5, 0.6) is 0 Å². The molecule has 0 spiro atoms. The monoisotopic (exact) mass is 442 g/mol. The Morgan fingerprint density at radius 2 is 1.52 bits per heavy atom. The fourth-order valence-corrected chi connectivity index (χ4v) is 4.01. The third kappa shape index (κ3) is 5.58. The summed E-state index contributed by atoms with van der Waals surface area (Å²) in [5.41, 5.74) is 3.93. The predicted octanol–water partition coefficient (Wildman–Crippen LogP) is 3.94. The summed E-state index contributed by atoms with van der Waals surface area (Å²) in [6, 6.07) is 20.2. The van der Waals surface area contributed by atoms with Crippen molar-refractivity contribution in [2.45, 2.75) is 20.4 Å². The van der Waals surface area contributed by atoms with Gasteiger partial charge in [-0.2, -0.15) is 5.10 Å². The molecule has 2 amide bonds. The first-order valence-electron chi connectivity index (χ1n) is 11.4. The molecule has 0 unspecified atom stereocenters. The van der Waals surface area contributed by atoms with Crippen LogP contribution in [0.4, 0.5) is 0 Å². The van der Waals surface area contributed by atoms with Crippen molar-refractivity contribution in [2.75, 3.05) is 26.2 Å². The Morgan fingerprint density at radius 3 is 2.15 bits per heavy atom. The van der Waals surface area contributed by atoms with Crippen LogP contribution in [0.3, 0.4) is 0 Å². The molecule has 6 nitrogen and oxygen atoms in total. The van der Waals surface area contributed by atoms with Crippen molar-refractivity contribution in [1.29, 1.82) is 0 Å². The van der Waals surface area contributed by atoms with Gasteiger partial charge in [-0.25, -0.2) is 0 Å². The number of hydrogen-bond acceptors (Lipinski definition) is 3. The normalized spacial score (nSPS) is 14.3. The molecule has 3 aromatic rings. The number of benzene rings is 2. The highest BCUT2D eigenvalue weighted by Crippen LogP contribution is 2.23. The fraction of sp³-hybridized carbons (Fsp3) is 0.296. The van der Waals surface area contributed by atoms with E-state index in [9.17, 15) is 9.59 Å². The molecule has 0 aliphatic carbocycles. The quantitative estimate of drug-likeness (QED) is 0.544. The average molecular weight is 443 g/mol. The summed E-state index contributed by atoms with van der Waals surface area (Å²) in [7, 11) is 0. The van der Waals surface area contributed by atoms with E-state index in [1.54, 1.807) is 11.0 Å². The molecule has 0 atom stereocenters. The van der Waals surface area contributed by atoms with Gasteiger partial charge in [0.05, 0.1) is 12.2 Å². The second-order valence-corrected chi connectivity index (χ2v) is 8.62. The van der Waals surface area contributed by atoms with Crippen LogP contribution in [-0.4, -0.2) is 57.6 Å². The zero-order valence-corrected chi connectivity index (χ0v) is 19.2. The molecular weight excluding hydrogens is 412 g/mol. The van der Waals surface area contributed by atoms with Crippen molar-refractivity contribution >= 4 is 17.9 Å². The molecule has 2 aromatic carbocycles. The van der Waals surface area contributed by atoms with Crippen LogP contribution in [0.2, 0.25) is 0 Å². The lowest BCUT2D eigenvalue weighted by molar-refractivity contribution is -0.139. The largest absolute Gasteiger partial charge is 0.339 e. The second-order valence-electron chi connectivity index (χ2n) is 8.62. The Kier molecular flexibility index (Phi) is 7.03. The van der Waals surface area contributed by atoms with Gasteiger partial charge in [0.15, 0.2) is 0 Å². The molecule has 1 aliphatic rings. The molecule has 0 bridgehead atoms. The molecule has 33 heavy (non-hydrogen) atoms. The number of carbonyl (C=O) groups is 2. The number of hydrogen-bond donors (Lipinski definition) is 0. The molecule has 1 aliphatic heterocycles. The van der Waals surface area contributed by atoms with E-state index in [1.807, 2.05) is 84.2 Å². The molecule has 2 heterocycles. The number of aromatic nitrogens is 2.